The third-order valence-electron chi connectivity index (χ3n) is 2.63. The summed E-state index contributed by atoms with van der Waals surface area (Å²) in [6, 6.07) is 4.24. The van der Waals surface area contributed by atoms with E-state index >= 15 is 0 Å². The predicted molar refractivity (Wildman–Crippen MR) is 47.1 cm³/mol. The van der Waals surface area contributed by atoms with Crippen molar-refractivity contribution in [2.45, 2.75) is 6.42 Å². The van der Waals surface area contributed by atoms with E-state index in [1.165, 1.54) is 0 Å². The average molecular weight is 171 g/mol. The highest BCUT2D eigenvalue weighted by Gasteiger charge is 2.43. The maximum Gasteiger partial charge on any atom is 0.184 e. The van der Waals surface area contributed by atoms with E-state index in [0.717, 1.165) is 18.8 Å². The molecule has 0 unspecified atom stereocenters. The molecule has 0 N–H and O–H groups in total. The monoisotopic (exact) mass is 171 g/mol. The second-order valence-corrected chi connectivity index (χ2v) is 3.31. The summed E-state index contributed by atoms with van der Waals surface area (Å²) in [5.74, 6) is 0. The van der Waals surface area contributed by atoms with Gasteiger partial charge in [0.25, 0.3) is 0 Å². The molecule has 0 aromatic rings. The zero-order valence-corrected chi connectivity index (χ0v) is 7.20. The van der Waals surface area contributed by atoms with Crippen LogP contribution in [-0.2, 0) is 0 Å². The zero-order valence-electron chi connectivity index (χ0n) is 7.20. The maximum atomic E-state index is 8.99. The van der Waals surface area contributed by atoms with E-state index in [9.17, 15) is 0 Å². The van der Waals surface area contributed by atoms with Gasteiger partial charge < -0.3 is 4.90 Å². The van der Waals surface area contributed by atoms with Crippen molar-refractivity contribution in [2.24, 2.45) is 5.41 Å². The number of nitrogens with zero attached hydrogens (tertiary/aromatic N) is 3. The molecule has 0 aromatic carbocycles. The summed E-state index contributed by atoms with van der Waals surface area (Å²) < 4.78 is 0. The number of hydrogen-bond donors (Lipinski definition) is 0. The lowest BCUT2D eigenvalue weighted by molar-refractivity contribution is 0.426. The van der Waals surface area contributed by atoms with Gasteiger partial charge in [0.15, 0.2) is 5.41 Å². The van der Waals surface area contributed by atoms with Crippen LogP contribution in [0.2, 0.25) is 0 Å². The summed E-state index contributed by atoms with van der Waals surface area (Å²) in [5, 5.41) is 18.0. The van der Waals surface area contributed by atoms with Crippen molar-refractivity contribution in [3.63, 3.8) is 0 Å². The van der Waals surface area contributed by atoms with Crippen molar-refractivity contribution >= 4 is 0 Å². The van der Waals surface area contributed by atoms with E-state index in [1.807, 2.05) is 18.2 Å². The van der Waals surface area contributed by atoms with Crippen LogP contribution in [0.15, 0.2) is 23.9 Å². The van der Waals surface area contributed by atoms with Gasteiger partial charge in [-0.25, -0.2) is 0 Å². The molecule has 3 nitrogen and oxygen atoms in total. The molecule has 3 heteroatoms. The molecule has 1 saturated heterocycles. The molecule has 64 valence electrons. The molecule has 2 heterocycles. The minimum absolute atomic E-state index is 0.632. The number of fused-ring (bicyclic) bond motifs is 1. The van der Waals surface area contributed by atoms with Crippen LogP contribution in [0.25, 0.3) is 0 Å². The fraction of sp³-hybridized carbons (Fsp3) is 0.400. The van der Waals surface area contributed by atoms with Crippen molar-refractivity contribution in [3.05, 3.63) is 23.9 Å². The van der Waals surface area contributed by atoms with E-state index < -0.39 is 5.41 Å². The van der Waals surface area contributed by atoms with E-state index in [4.69, 9.17) is 10.5 Å². The summed E-state index contributed by atoms with van der Waals surface area (Å²) in [5.41, 5.74) is -0.00917. The Labute approximate surface area is 77.2 Å². The number of nitriles is 2. The first-order valence-corrected chi connectivity index (χ1v) is 4.27. The van der Waals surface area contributed by atoms with Crippen molar-refractivity contribution in [1.29, 1.82) is 10.5 Å². The molecular formula is C10H9N3. The first-order valence-electron chi connectivity index (χ1n) is 4.27. The molecule has 2 rings (SSSR count). The molecule has 0 bridgehead atoms. The van der Waals surface area contributed by atoms with E-state index in [0.29, 0.717) is 6.42 Å². The van der Waals surface area contributed by atoms with Gasteiger partial charge in [-0.2, -0.15) is 10.5 Å². The lowest BCUT2D eigenvalue weighted by Gasteiger charge is -2.23. The lowest BCUT2D eigenvalue weighted by atomic mass is 9.87. The van der Waals surface area contributed by atoms with E-state index in [-0.39, 0.29) is 0 Å². The average Bonchev–Trinajstić information content (AvgIpc) is 2.58. The minimum atomic E-state index is -0.884. The lowest BCUT2D eigenvalue weighted by Crippen LogP contribution is -2.24. The largest absolute Gasteiger partial charge is 0.369 e. The maximum absolute atomic E-state index is 8.99. The van der Waals surface area contributed by atoms with Crippen molar-refractivity contribution in [1.82, 2.24) is 4.90 Å². The van der Waals surface area contributed by atoms with Crippen molar-refractivity contribution < 1.29 is 0 Å². The van der Waals surface area contributed by atoms with Gasteiger partial charge in [-0.15, -0.1) is 0 Å². The van der Waals surface area contributed by atoms with Crippen LogP contribution in [0.5, 0.6) is 0 Å². The molecule has 0 aliphatic carbocycles. The molecule has 13 heavy (non-hydrogen) atoms. The van der Waals surface area contributed by atoms with Gasteiger partial charge in [0.2, 0.25) is 0 Å². The molecule has 0 amide bonds. The SMILES string of the molecule is N#CC1(C#N)CCN2CC=CC=C21. The number of hydrogen-bond acceptors (Lipinski definition) is 3. The van der Waals surface area contributed by atoms with Crippen LogP contribution in [0, 0.1) is 28.1 Å². The highest BCUT2D eigenvalue weighted by Crippen LogP contribution is 2.40. The molecule has 1 fully saturated rings. The van der Waals surface area contributed by atoms with Crippen LogP contribution in [0.4, 0.5) is 0 Å². The first-order chi connectivity index (χ1) is 6.32. The predicted octanol–water partition coefficient (Wildman–Crippen LogP) is 1.18. The Morgan fingerprint density at radius 3 is 2.85 bits per heavy atom. The molecule has 2 aliphatic rings. The quantitative estimate of drug-likeness (QED) is 0.550. The standard InChI is InChI=1S/C10H9N3/c11-7-10(8-12)4-6-13-5-2-1-3-9(10)13/h1-3H,4-6H2. The van der Waals surface area contributed by atoms with Gasteiger partial charge >= 0.3 is 0 Å². The minimum Gasteiger partial charge on any atom is -0.369 e. The van der Waals surface area contributed by atoms with Gasteiger partial charge in [0.05, 0.1) is 12.1 Å². The Hall–Kier alpha value is -1.74. The first kappa shape index (κ1) is 7.89. The van der Waals surface area contributed by atoms with E-state index in [2.05, 4.69) is 17.0 Å². The molecule has 0 radical (unpaired) electrons. The van der Waals surface area contributed by atoms with Crippen molar-refractivity contribution in [3.8, 4) is 12.1 Å². The molecule has 0 atom stereocenters. The second kappa shape index (κ2) is 2.64. The number of allylic oxidation sites excluding steroid dienone is 3. The number of rotatable bonds is 0. The summed E-state index contributed by atoms with van der Waals surface area (Å²) in [4.78, 5) is 2.09. The van der Waals surface area contributed by atoms with Gasteiger partial charge in [0.1, 0.15) is 0 Å². The Morgan fingerprint density at radius 1 is 1.38 bits per heavy atom. The highest BCUT2D eigenvalue weighted by molar-refractivity contribution is 5.39. The van der Waals surface area contributed by atoms with Crippen LogP contribution < -0.4 is 0 Å². The molecule has 0 saturated carbocycles. The highest BCUT2D eigenvalue weighted by atomic mass is 15.2. The fourth-order valence-corrected chi connectivity index (χ4v) is 1.86. The second-order valence-electron chi connectivity index (χ2n) is 3.31. The van der Waals surface area contributed by atoms with E-state index in [1.54, 1.807) is 0 Å². The van der Waals surface area contributed by atoms with Crippen LogP contribution in [0.1, 0.15) is 6.42 Å². The topological polar surface area (TPSA) is 50.8 Å². The summed E-state index contributed by atoms with van der Waals surface area (Å²) >= 11 is 0. The Bertz CT molecular complexity index is 351. The van der Waals surface area contributed by atoms with Crippen LogP contribution >= 0.6 is 0 Å². The smallest absolute Gasteiger partial charge is 0.184 e. The molecule has 0 spiro atoms. The summed E-state index contributed by atoms with van der Waals surface area (Å²) in [6.45, 7) is 1.65. The summed E-state index contributed by atoms with van der Waals surface area (Å²) in [6.07, 6.45) is 6.46. The van der Waals surface area contributed by atoms with Gasteiger partial charge in [0, 0.05) is 25.2 Å². The normalized spacial score (nSPS) is 22.9. The third-order valence-corrected chi connectivity index (χ3v) is 2.63. The van der Waals surface area contributed by atoms with Crippen LogP contribution in [-0.4, -0.2) is 18.0 Å². The Morgan fingerprint density at radius 2 is 2.15 bits per heavy atom. The molecule has 2 aliphatic heterocycles. The Balaban J connectivity index is 2.45. The Kier molecular flexibility index (Phi) is 1.60. The molecule has 0 aromatic heterocycles. The molecular weight excluding hydrogens is 162 g/mol. The zero-order chi connectivity index (χ0) is 9.31. The third kappa shape index (κ3) is 0.942. The van der Waals surface area contributed by atoms with Gasteiger partial charge in [-0.05, 0) is 6.08 Å². The summed E-state index contributed by atoms with van der Waals surface area (Å²) in [7, 11) is 0. The van der Waals surface area contributed by atoms with Crippen molar-refractivity contribution in [2.75, 3.05) is 13.1 Å². The fourth-order valence-electron chi connectivity index (χ4n) is 1.86. The van der Waals surface area contributed by atoms with Crippen LogP contribution in [0.3, 0.4) is 0 Å². The van der Waals surface area contributed by atoms with Gasteiger partial charge in [-0.3, -0.25) is 0 Å². The van der Waals surface area contributed by atoms with Gasteiger partial charge in [-0.1, -0.05) is 12.2 Å².